The zero-order valence-corrected chi connectivity index (χ0v) is 20.1. The molecule has 3 rings (SSSR count). The predicted molar refractivity (Wildman–Crippen MR) is 125 cm³/mol. The topological polar surface area (TPSA) is 102 Å². The first-order valence-electron chi connectivity index (χ1n) is 10.6. The smallest absolute Gasteiger partial charge is 0.310 e. The first-order chi connectivity index (χ1) is 15.7. The summed E-state index contributed by atoms with van der Waals surface area (Å²) in [4.78, 5) is 24.5. The number of halogens is 1. The Labute approximate surface area is 198 Å². The molecule has 1 heterocycles. The molecule has 0 aliphatic carbocycles. The quantitative estimate of drug-likeness (QED) is 0.563. The highest BCUT2D eigenvalue weighted by molar-refractivity contribution is 7.89. The van der Waals surface area contributed by atoms with Crippen LogP contribution in [0.15, 0.2) is 47.4 Å². The van der Waals surface area contributed by atoms with E-state index in [4.69, 9.17) is 21.1 Å². The van der Waals surface area contributed by atoms with Crippen LogP contribution in [-0.4, -0.2) is 51.4 Å². The molecular weight excluding hydrogens is 468 g/mol. The van der Waals surface area contributed by atoms with Gasteiger partial charge >= 0.3 is 5.97 Å². The summed E-state index contributed by atoms with van der Waals surface area (Å²) in [5, 5.41) is 3.04. The maximum absolute atomic E-state index is 13.1. The average molecular weight is 495 g/mol. The molecule has 1 aliphatic heterocycles. The van der Waals surface area contributed by atoms with E-state index >= 15 is 0 Å². The van der Waals surface area contributed by atoms with Crippen LogP contribution in [0.25, 0.3) is 0 Å². The number of anilines is 1. The highest BCUT2D eigenvalue weighted by Gasteiger charge is 2.33. The van der Waals surface area contributed by atoms with Gasteiger partial charge in [0.15, 0.2) is 0 Å². The van der Waals surface area contributed by atoms with E-state index in [1.54, 1.807) is 31.2 Å². The number of carbonyl (C=O) groups is 2. The predicted octanol–water partition coefficient (Wildman–Crippen LogP) is 3.49. The van der Waals surface area contributed by atoms with Gasteiger partial charge in [0, 0.05) is 18.8 Å². The van der Waals surface area contributed by atoms with E-state index in [0.29, 0.717) is 37.4 Å². The molecule has 10 heteroatoms. The van der Waals surface area contributed by atoms with Crippen LogP contribution in [0.4, 0.5) is 5.69 Å². The van der Waals surface area contributed by atoms with E-state index in [9.17, 15) is 18.0 Å². The molecule has 1 unspecified atom stereocenters. The Morgan fingerprint density at radius 2 is 1.91 bits per heavy atom. The number of nitrogens with one attached hydrogen (secondary N) is 1. The van der Waals surface area contributed by atoms with Gasteiger partial charge in [0.1, 0.15) is 5.75 Å². The van der Waals surface area contributed by atoms with Gasteiger partial charge in [0.05, 0.1) is 36.0 Å². The summed E-state index contributed by atoms with van der Waals surface area (Å²) in [5.41, 5.74) is 1.36. The molecule has 8 nitrogen and oxygen atoms in total. The lowest BCUT2D eigenvalue weighted by Crippen LogP contribution is -2.43. The van der Waals surface area contributed by atoms with Gasteiger partial charge in [-0.15, -0.1) is 0 Å². The zero-order chi connectivity index (χ0) is 24.0. The molecule has 1 saturated heterocycles. The molecule has 0 aromatic heterocycles. The van der Waals surface area contributed by atoms with E-state index in [2.05, 4.69) is 5.32 Å². The van der Waals surface area contributed by atoms with Gasteiger partial charge in [-0.05, 0) is 55.7 Å². The number of hydrogen-bond acceptors (Lipinski definition) is 6. The minimum absolute atomic E-state index is 0.0616. The van der Waals surface area contributed by atoms with Crippen molar-refractivity contribution < 1.29 is 27.5 Å². The highest BCUT2D eigenvalue weighted by atomic mass is 35.5. The number of esters is 1. The van der Waals surface area contributed by atoms with Crippen LogP contribution in [0.2, 0.25) is 5.02 Å². The van der Waals surface area contributed by atoms with Gasteiger partial charge < -0.3 is 14.8 Å². The van der Waals surface area contributed by atoms with Gasteiger partial charge in [0.2, 0.25) is 15.9 Å². The number of nitrogens with zero attached hydrogens (tertiary/aromatic N) is 1. The van der Waals surface area contributed by atoms with E-state index in [1.165, 1.54) is 29.6 Å². The summed E-state index contributed by atoms with van der Waals surface area (Å²) in [7, 11) is -2.35. The number of methoxy groups -OCH3 is 1. The molecule has 0 spiro atoms. The molecule has 0 bridgehead atoms. The van der Waals surface area contributed by atoms with Crippen molar-refractivity contribution in [3.8, 4) is 5.75 Å². The summed E-state index contributed by atoms with van der Waals surface area (Å²) >= 11 is 6.10. The van der Waals surface area contributed by atoms with Crippen LogP contribution in [0.1, 0.15) is 25.3 Å². The summed E-state index contributed by atoms with van der Waals surface area (Å²) < 4.78 is 37.5. The normalized spacial score (nSPS) is 16.8. The molecule has 2 aromatic rings. The van der Waals surface area contributed by atoms with Crippen molar-refractivity contribution in [3.63, 3.8) is 0 Å². The Morgan fingerprint density at radius 1 is 1.18 bits per heavy atom. The summed E-state index contributed by atoms with van der Waals surface area (Å²) in [5.74, 6) is -0.655. The second kappa shape index (κ2) is 11.0. The highest BCUT2D eigenvalue weighted by Crippen LogP contribution is 2.30. The molecule has 0 radical (unpaired) electrons. The third kappa shape index (κ3) is 6.25. The number of hydrogen-bond donors (Lipinski definition) is 1. The van der Waals surface area contributed by atoms with Gasteiger partial charge in [-0.3, -0.25) is 9.59 Å². The molecule has 2 aromatic carbocycles. The van der Waals surface area contributed by atoms with Crippen LogP contribution in [0.3, 0.4) is 0 Å². The number of amides is 1. The third-order valence-corrected chi connectivity index (χ3v) is 7.55. The SMILES string of the molecule is CCOC(=O)Cc1ccc(NC(=O)C2CCCN(S(=O)(=O)c3ccc(OC)c(Cl)c3)C2)cc1. The van der Waals surface area contributed by atoms with Crippen molar-refractivity contribution in [1.29, 1.82) is 0 Å². The largest absolute Gasteiger partial charge is 0.495 e. The van der Waals surface area contributed by atoms with E-state index in [0.717, 1.165) is 5.56 Å². The molecular formula is C23H27ClN2O6S. The maximum atomic E-state index is 13.1. The van der Waals surface area contributed by atoms with Crippen molar-refractivity contribution in [2.24, 2.45) is 5.92 Å². The molecule has 1 amide bonds. The lowest BCUT2D eigenvalue weighted by molar-refractivity contribution is -0.142. The Balaban J connectivity index is 1.64. The fourth-order valence-electron chi connectivity index (χ4n) is 3.66. The minimum Gasteiger partial charge on any atom is -0.495 e. The second-order valence-corrected chi connectivity index (χ2v) is 10.0. The molecule has 0 saturated carbocycles. The van der Waals surface area contributed by atoms with Crippen molar-refractivity contribution in [2.75, 3.05) is 32.1 Å². The molecule has 33 heavy (non-hydrogen) atoms. The molecule has 1 fully saturated rings. The molecule has 1 atom stereocenters. The van der Waals surface area contributed by atoms with Gasteiger partial charge in [-0.1, -0.05) is 23.7 Å². The van der Waals surface area contributed by atoms with E-state index in [-0.39, 0.29) is 34.8 Å². The summed E-state index contributed by atoms with van der Waals surface area (Å²) in [6.07, 6.45) is 1.31. The second-order valence-electron chi connectivity index (χ2n) is 7.67. The Kier molecular flexibility index (Phi) is 8.34. The Morgan fingerprint density at radius 3 is 2.55 bits per heavy atom. The molecule has 178 valence electrons. The lowest BCUT2D eigenvalue weighted by atomic mass is 9.98. The van der Waals surface area contributed by atoms with E-state index < -0.39 is 15.9 Å². The number of benzene rings is 2. The van der Waals surface area contributed by atoms with Crippen LogP contribution in [-0.2, 0) is 30.8 Å². The van der Waals surface area contributed by atoms with Crippen molar-refractivity contribution in [1.82, 2.24) is 4.31 Å². The Bertz CT molecular complexity index is 1100. The van der Waals surface area contributed by atoms with Crippen molar-refractivity contribution in [2.45, 2.75) is 31.1 Å². The first kappa shape index (κ1) is 25.0. The average Bonchev–Trinajstić information content (AvgIpc) is 2.80. The fraction of sp³-hybridized carbons (Fsp3) is 0.391. The molecule has 1 aliphatic rings. The zero-order valence-electron chi connectivity index (χ0n) is 18.5. The monoisotopic (exact) mass is 494 g/mol. The van der Waals surface area contributed by atoms with Crippen LogP contribution in [0.5, 0.6) is 5.75 Å². The van der Waals surface area contributed by atoms with Crippen molar-refractivity contribution >= 4 is 39.2 Å². The van der Waals surface area contributed by atoms with E-state index in [1.807, 2.05) is 0 Å². The minimum atomic E-state index is -3.80. The number of sulfonamides is 1. The maximum Gasteiger partial charge on any atom is 0.310 e. The molecule has 1 N–H and O–H groups in total. The standard InChI is InChI=1S/C23H27ClN2O6S/c1-3-32-22(27)13-16-6-8-18(9-7-16)25-23(28)17-5-4-12-26(15-17)33(29,30)19-10-11-21(31-2)20(24)14-19/h6-11,14,17H,3-5,12-13,15H2,1-2H3,(H,25,28). The number of ether oxygens (including phenoxy) is 2. The first-order valence-corrected chi connectivity index (χ1v) is 12.5. The van der Waals surface area contributed by atoms with Crippen molar-refractivity contribution in [3.05, 3.63) is 53.1 Å². The van der Waals surface area contributed by atoms with Gasteiger partial charge in [0.25, 0.3) is 0 Å². The number of carbonyl (C=O) groups excluding carboxylic acids is 2. The lowest BCUT2D eigenvalue weighted by Gasteiger charge is -2.31. The van der Waals surface area contributed by atoms with Crippen LogP contribution >= 0.6 is 11.6 Å². The van der Waals surface area contributed by atoms with Gasteiger partial charge in [-0.25, -0.2) is 8.42 Å². The van der Waals surface area contributed by atoms with Gasteiger partial charge in [-0.2, -0.15) is 4.31 Å². The number of rotatable bonds is 8. The Hall–Kier alpha value is -2.62. The van der Waals surface area contributed by atoms with Crippen LogP contribution in [0, 0.1) is 5.92 Å². The number of piperidine rings is 1. The van der Waals surface area contributed by atoms with Crippen LogP contribution < -0.4 is 10.1 Å². The summed E-state index contributed by atoms with van der Waals surface area (Å²) in [6.45, 7) is 2.49. The fourth-order valence-corrected chi connectivity index (χ4v) is 5.53. The summed E-state index contributed by atoms with van der Waals surface area (Å²) in [6, 6.07) is 11.2. The third-order valence-electron chi connectivity index (χ3n) is 5.39.